The number of nitrogens with two attached hydrogens (primary N) is 1. The van der Waals surface area contributed by atoms with Gasteiger partial charge in [0.2, 0.25) is 0 Å². The van der Waals surface area contributed by atoms with Gasteiger partial charge in [-0.25, -0.2) is 4.98 Å². The SMILES string of the molecule is Cn1c(-c2ccc(Cl)cc2Cl)nc2ccc(CN)cc21. The summed E-state index contributed by atoms with van der Waals surface area (Å²) in [6.45, 7) is 0.512. The van der Waals surface area contributed by atoms with Crippen LogP contribution in [0.4, 0.5) is 0 Å². The number of aromatic nitrogens is 2. The molecular weight excluding hydrogens is 293 g/mol. The summed E-state index contributed by atoms with van der Waals surface area (Å²) < 4.78 is 2.02. The average molecular weight is 306 g/mol. The molecule has 1 aromatic heterocycles. The first-order chi connectivity index (χ1) is 9.60. The van der Waals surface area contributed by atoms with E-state index in [1.54, 1.807) is 6.07 Å². The highest BCUT2D eigenvalue weighted by molar-refractivity contribution is 6.36. The summed E-state index contributed by atoms with van der Waals surface area (Å²) in [5.74, 6) is 0.816. The maximum absolute atomic E-state index is 6.26. The van der Waals surface area contributed by atoms with Crippen LogP contribution in [0.15, 0.2) is 36.4 Å². The Morgan fingerprint density at radius 2 is 1.95 bits per heavy atom. The van der Waals surface area contributed by atoms with Crippen LogP contribution in [-0.4, -0.2) is 9.55 Å². The van der Waals surface area contributed by atoms with Crippen LogP contribution in [-0.2, 0) is 13.6 Å². The van der Waals surface area contributed by atoms with Gasteiger partial charge in [0.15, 0.2) is 0 Å². The van der Waals surface area contributed by atoms with Crippen molar-refractivity contribution in [2.45, 2.75) is 6.54 Å². The van der Waals surface area contributed by atoms with Crippen molar-refractivity contribution >= 4 is 34.2 Å². The second kappa shape index (κ2) is 5.09. The summed E-state index contributed by atoms with van der Waals surface area (Å²) >= 11 is 12.2. The lowest BCUT2D eigenvalue weighted by Gasteiger charge is -2.05. The number of aryl methyl sites for hydroxylation is 1. The van der Waals surface area contributed by atoms with E-state index in [0.29, 0.717) is 16.6 Å². The van der Waals surface area contributed by atoms with E-state index in [-0.39, 0.29) is 0 Å². The largest absolute Gasteiger partial charge is 0.327 e. The van der Waals surface area contributed by atoms with E-state index in [1.807, 2.05) is 35.9 Å². The fourth-order valence-corrected chi connectivity index (χ4v) is 2.77. The Labute approximate surface area is 126 Å². The lowest BCUT2D eigenvalue weighted by molar-refractivity contribution is 0.956. The van der Waals surface area contributed by atoms with E-state index in [1.165, 1.54) is 0 Å². The second-order valence-electron chi connectivity index (χ2n) is 4.65. The van der Waals surface area contributed by atoms with E-state index in [4.69, 9.17) is 28.9 Å². The molecule has 0 atom stereocenters. The van der Waals surface area contributed by atoms with E-state index < -0.39 is 0 Å². The Morgan fingerprint density at radius 3 is 2.65 bits per heavy atom. The average Bonchev–Trinajstić information content (AvgIpc) is 2.76. The van der Waals surface area contributed by atoms with Crippen LogP contribution in [0.25, 0.3) is 22.4 Å². The molecule has 0 saturated carbocycles. The summed E-state index contributed by atoms with van der Waals surface area (Å²) in [6.07, 6.45) is 0. The number of fused-ring (bicyclic) bond motifs is 1. The van der Waals surface area contributed by atoms with Gasteiger partial charge in [0.25, 0.3) is 0 Å². The van der Waals surface area contributed by atoms with Crippen LogP contribution < -0.4 is 5.73 Å². The van der Waals surface area contributed by atoms with Gasteiger partial charge in [0.1, 0.15) is 5.82 Å². The Bertz CT molecular complexity index is 793. The molecule has 1 heterocycles. The summed E-state index contributed by atoms with van der Waals surface area (Å²) in [5.41, 5.74) is 9.59. The molecule has 0 bridgehead atoms. The van der Waals surface area contributed by atoms with Gasteiger partial charge >= 0.3 is 0 Å². The van der Waals surface area contributed by atoms with Crippen LogP contribution in [0.1, 0.15) is 5.56 Å². The van der Waals surface area contributed by atoms with Crippen molar-refractivity contribution in [3.63, 3.8) is 0 Å². The van der Waals surface area contributed by atoms with Gasteiger partial charge in [0.05, 0.1) is 16.1 Å². The number of hydrogen-bond acceptors (Lipinski definition) is 2. The number of benzene rings is 2. The Balaban J connectivity index is 2.24. The minimum absolute atomic E-state index is 0.512. The summed E-state index contributed by atoms with van der Waals surface area (Å²) in [4.78, 5) is 4.64. The van der Waals surface area contributed by atoms with Crippen LogP contribution in [0.5, 0.6) is 0 Å². The smallest absolute Gasteiger partial charge is 0.142 e. The van der Waals surface area contributed by atoms with Crippen LogP contribution in [0, 0.1) is 0 Å². The molecular formula is C15H13Cl2N3. The molecule has 0 spiro atoms. The number of hydrogen-bond donors (Lipinski definition) is 1. The number of imidazole rings is 1. The third kappa shape index (κ3) is 2.18. The number of rotatable bonds is 2. The zero-order valence-corrected chi connectivity index (χ0v) is 12.4. The Hall–Kier alpha value is -1.55. The summed E-state index contributed by atoms with van der Waals surface area (Å²) in [6, 6.07) is 11.4. The molecule has 3 rings (SSSR count). The number of nitrogens with zero attached hydrogens (tertiary/aromatic N) is 2. The second-order valence-corrected chi connectivity index (χ2v) is 5.49. The van der Waals surface area contributed by atoms with Crippen LogP contribution in [0.2, 0.25) is 10.0 Å². The zero-order valence-electron chi connectivity index (χ0n) is 10.9. The van der Waals surface area contributed by atoms with E-state index in [0.717, 1.165) is 28.0 Å². The van der Waals surface area contributed by atoms with Crippen molar-refractivity contribution in [2.75, 3.05) is 0 Å². The van der Waals surface area contributed by atoms with E-state index in [9.17, 15) is 0 Å². The molecule has 0 fully saturated rings. The first-order valence-electron chi connectivity index (χ1n) is 6.21. The van der Waals surface area contributed by atoms with Crippen molar-refractivity contribution in [1.29, 1.82) is 0 Å². The van der Waals surface area contributed by atoms with Crippen molar-refractivity contribution in [2.24, 2.45) is 12.8 Å². The predicted octanol–water partition coefficient (Wildman–Crippen LogP) is 4.01. The molecule has 3 aromatic rings. The molecule has 2 aromatic carbocycles. The molecule has 0 unspecified atom stereocenters. The standard InChI is InChI=1S/C15H13Cl2N3/c1-20-14-6-9(8-18)2-5-13(14)19-15(20)11-4-3-10(16)7-12(11)17/h2-7H,8,18H2,1H3. The molecule has 0 amide bonds. The van der Waals surface area contributed by atoms with Gasteiger partial charge < -0.3 is 10.3 Å². The third-order valence-corrected chi connectivity index (χ3v) is 3.90. The molecule has 20 heavy (non-hydrogen) atoms. The molecule has 5 heteroatoms. The highest BCUT2D eigenvalue weighted by atomic mass is 35.5. The first-order valence-corrected chi connectivity index (χ1v) is 6.96. The van der Waals surface area contributed by atoms with Crippen LogP contribution in [0.3, 0.4) is 0 Å². The van der Waals surface area contributed by atoms with Gasteiger partial charge in [-0.2, -0.15) is 0 Å². The Kier molecular flexibility index (Phi) is 3.42. The highest BCUT2D eigenvalue weighted by Crippen LogP contribution is 2.31. The quantitative estimate of drug-likeness (QED) is 0.777. The molecule has 0 saturated heterocycles. The summed E-state index contributed by atoms with van der Waals surface area (Å²) in [7, 11) is 1.97. The highest BCUT2D eigenvalue weighted by Gasteiger charge is 2.13. The summed E-state index contributed by atoms with van der Waals surface area (Å²) in [5, 5.41) is 1.21. The van der Waals surface area contributed by atoms with E-state index >= 15 is 0 Å². The third-order valence-electron chi connectivity index (χ3n) is 3.35. The van der Waals surface area contributed by atoms with Gasteiger partial charge in [-0.3, -0.25) is 0 Å². The minimum Gasteiger partial charge on any atom is -0.327 e. The van der Waals surface area contributed by atoms with Crippen molar-refractivity contribution in [3.8, 4) is 11.4 Å². The molecule has 0 aliphatic rings. The lowest BCUT2D eigenvalue weighted by Crippen LogP contribution is -1.97. The molecule has 0 aliphatic heterocycles. The van der Waals surface area contributed by atoms with Crippen LogP contribution >= 0.6 is 23.2 Å². The molecule has 3 nitrogen and oxygen atoms in total. The monoisotopic (exact) mass is 305 g/mol. The zero-order chi connectivity index (χ0) is 14.3. The van der Waals surface area contributed by atoms with Crippen molar-refractivity contribution in [1.82, 2.24) is 9.55 Å². The molecule has 2 N–H and O–H groups in total. The van der Waals surface area contributed by atoms with Gasteiger partial charge in [-0.05, 0) is 35.9 Å². The maximum atomic E-state index is 6.26. The van der Waals surface area contributed by atoms with E-state index in [2.05, 4.69) is 11.1 Å². The first kappa shape index (κ1) is 13.4. The van der Waals surface area contributed by atoms with Crippen molar-refractivity contribution < 1.29 is 0 Å². The fourth-order valence-electron chi connectivity index (χ4n) is 2.27. The number of halogens is 2. The molecule has 0 aliphatic carbocycles. The Morgan fingerprint density at radius 1 is 1.15 bits per heavy atom. The topological polar surface area (TPSA) is 43.8 Å². The molecule has 0 radical (unpaired) electrons. The normalized spacial score (nSPS) is 11.2. The minimum atomic E-state index is 0.512. The lowest BCUT2D eigenvalue weighted by atomic mass is 10.2. The predicted molar refractivity (Wildman–Crippen MR) is 84.1 cm³/mol. The van der Waals surface area contributed by atoms with Crippen molar-refractivity contribution in [3.05, 3.63) is 52.0 Å². The fraction of sp³-hybridized carbons (Fsp3) is 0.133. The van der Waals surface area contributed by atoms with Gasteiger partial charge in [-0.1, -0.05) is 29.3 Å². The maximum Gasteiger partial charge on any atom is 0.142 e. The van der Waals surface area contributed by atoms with Gasteiger partial charge in [-0.15, -0.1) is 0 Å². The molecule has 102 valence electrons. The van der Waals surface area contributed by atoms with Gasteiger partial charge in [0, 0.05) is 24.2 Å².